The molecule has 4 nitrogen and oxygen atoms in total. The molecule has 0 bridgehead atoms. The Bertz CT molecular complexity index is 124. The third-order valence-electron chi connectivity index (χ3n) is 0.824. The molecule has 2 N–H and O–H groups in total. The molecule has 0 atom stereocenters. The molecule has 0 heterocycles. The molecular weight excluding hydrogens is 132 g/mol. The average Bonchev–Trinajstić information content (AvgIpc) is 1.84. The van der Waals surface area contributed by atoms with Gasteiger partial charge in [0, 0.05) is 0 Å². The van der Waals surface area contributed by atoms with E-state index >= 15 is 0 Å². The number of oxime groups is 2. The Morgan fingerprint density at radius 1 is 1.11 bits per heavy atom. The van der Waals surface area contributed by atoms with E-state index in [2.05, 4.69) is 10.3 Å². The van der Waals surface area contributed by atoms with Crippen LogP contribution in [-0.2, 0) is 0 Å². The topological polar surface area (TPSA) is 65.2 Å². The number of hydrogen-bond acceptors (Lipinski definition) is 4. The van der Waals surface area contributed by atoms with E-state index in [1.807, 2.05) is 0 Å². The first-order valence-corrected chi connectivity index (χ1v) is 2.10. The molecule has 0 fully saturated rings. The van der Waals surface area contributed by atoms with Crippen molar-refractivity contribution in [2.75, 3.05) is 0 Å². The monoisotopic (exact) mass is 142 g/mol. The fraction of sp³-hybridized carbons (Fsp3) is 0.500. The summed E-state index contributed by atoms with van der Waals surface area (Å²) in [5.41, 5.74) is 0.625. The summed E-state index contributed by atoms with van der Waals surface area (Å²) in [6.45, 7) is 3.07. The maximum Gasteiger partial charge on any atom is 2.00 e. The third kappa shape index (κ3) is 4.23. The van der Waals surface area contributed by atoms with Crippen LogP contribution >= 0.6 is 0 Å². The summed E-state index contributed by atoms with van der Waals surface area (Å²) in [7, 11) is 0. The van der Waals surface area contributed by atoms with E-state index < -0.39 is 0 Å². The maximum atomic E-state index is 8.03. The standard InChI is InChI=1S/C4H8N2O2.Mg.2H/c1-3(5-7)4(2)6-8;;;/h7-8H,1-2H3;;;/q;+2;2*-1/b5-3+,6-4+;;;. The Kier molecular flexibility index (Phi) is 7.45. The summed E-state index contributed by atoms with van der Waals surface area (Å²) < 4.78 is 0. The Morgan fingerprint density at radius 2 is 1.33 bits per heavy atom. The number of rotatable bonds is 1. The summed E-state index contributed by atoms with van der Waals surface area (Å²) in [4.78, 5) is 0. The van der Waals surface area contributed by atoms with Gasteiger partial charge < -0.3 is 13.3 Å². The van der Waals surface area contributed by atoms with Crippen LogP contribution in [0.2, 0.25) is 0 Å². The Labute approximate surface area is 72.4 Å². The van der Waals surface area contributed by atoms with Crippen LogP contribution < -0.4 is 0 Å². The zero-order valence-electron chi connectivity index (χ0n) is 7.50. The quantitative estimate of drug-likeness (QED) is 0.243. The minimum atomic E-state index is 0. The van der Waals surface area contributed by atoms with Crippen LogP contribution in [0, 0.1) is 0 Å². The second-order valence-electron chi connectivity index (χ2n) is 1.37. The van der Waals surface area contributed by atoms with E-state index in [-0.39, 0.29) is 25.9 Å². The van der Waals surface area contributed by atoms with Gasteiger partial charge in [0.1, 0.15) is 11.4 Å². The van der Waals surface area contributed by atoms with Gasteiger partial charge in [0.15, 0.2) is 0 Å². The predicted octanol–water partition coefficient (Wildman–Crippen LogP) is 0.531. The van der Waals surface area contributed by atoms with E-state index in [1.54, 1.807) is 0 Å². The second-order valence-corrected chi connectivity index (χ2v) is 1.37. The predicted molar refractivity (Wildman–Crippen MR) is 37.8 cm³/mol. The van der Waals surface area contributed by atoms with E-state index in [1.165, 1.54) is 13.8 Å². The minimum absolute atomic E-state index is 0. The zero-order valence-corrected chi connectivity index (χ0v) is 6.91. The van der Waals surface area contributed by atoms with Crippen molar-refractivity contribution in [3.8, 4) is 0 Å². The Hall–Kier alpha value is -0.294. The van der Waals surface area contributed by atoms with Crippen LogP contribution in [-0.4, -0.2) is 44.9 Å². The Morgan fingerprint density at radius 3 is 1.44 bits per heavy atom. The van der Waals surface area contributed by atoms with Crippen LogP contribution in [0.4, 0.5) is 0 Å². The van der Waals surface area contributed by atoms with Crippen LogP contribution in [0.1, 0.15) is 16.7 Å². The number of hydrogen-bond donors (Lipinski definition) is 2. The van der Waals surface area contributed by atoms with E-state index in [0.29, 0.717) is 11.4 Å². The van der Waals surface area contributed by atoms with Crippen molar-refractivity contribution >= 4 is 34.5 Å². The summed E-state index contributed by atoms with van der Waals surface area (Å²) in [6, 6.07) is 0. The molecular formula is C4H10MgN2O2. The summed E-state index contributed by atoms with van der Waals surface area (Å²) in [5.74, 6) is 0. The molecule has 0 aliphatic heterocycles. The first kappa shape index (κ1) is 11.5. The van der Waals surface area contributed by atoms with Crippen LogP contribution in [0.15, 0.2) is 10.3 Å². The van der Waals surface area contributed by atoms with Crippen molar-refractivity contribution in [3.05, 3.63) is 0 Å². The molecule has 0 aromatic rings. The summed E-state index contributed by atoms with van der Waals surface area (Å²) in [5, 5.41) is 21.6. The van der Waals surface area contributed by atoms with Gasteiger partial charge in [-0.3, -0.25) is 0 Å². The zero-order chi connectivity index (χ0) is 6.57. The van der Waals surface area contributed by atoms with E-state index in [9.17, 15) is 0 Å². The minimum Gasteiger partial charge on any atom is -1.00 e. The van der Waals surface area contributed by atoms with Gasteiger partial charge in [-0.05, 0) is 13.8 Å². The van der Waals surface area contributed by atoms with Crippen molar-refractivity contribution in [1.29, 1.82) is 0 Å². The molecule has 9 heavy (non-hydrogen) atoms. The molecule has 0 aliphatic carbocycles. The first-order chi connectivity index (χ1) is 3.72. The summed E-state index contributed by atoms with van der Waals surface area (Å²) in [6.07, 6.45) is 0. The molecule has 0 aromatic carbocycles. The molecule has 0 saturated heterocycles. The van der Waals surface area contributed by atoms with Gasteiger partial charge in [-0.15, -0.1) is 0 Å². The van der Waals surface area contributed by atoms with Crippen molar-refractivity contribution in [2.45, 2.75) is 13.8 Å². The van der Waals surface area contributed by atoms with Crippen molar-refractivity contribution < 1.29 is 13.3 Å². The molecule has 0 saturated carbocycles. The molecule has 50 valence electrons. The van der Waals surface area contributed by atoms with Crippen molar-refractivity contribution in [3.63, 3.8) is 0 Å². The molecule has 0 spiro atoms. The van der Waals surface area contributed by atoms with Gasteiger partial charge in [0.25, 0.3) is 0 Å². The van der Waals surface area contributed by atoms with Gasteiger partial charge in [-0.25, -0.2) is 0 Å². The Balaban J connectivity index is -0.0000000817. The summed E-state index contributed by atoms with van der Waals surface area (Å²) >= 11 is 0. The second kappa shape index (κ2) is 5.84. The van der Waals surface area contributed by atoms with E-state index in [4.69, 9.17) is 10.4 Å². The molecule has 0 aromatic heterocycles. The fourth-order valence-corrected chi connectivity index (χ4v) is 0.145. The molecule has 0 aliphatic rings. The van der Waals surface area contributed by atoms with Crippen LogP contribution in [0.3, 0.4) is 0 Å². The third-order valence-corrected chi connectivity index (χ3v) is 0.824. The number of nitrogens with zero attached hydrogens (tertiary/aromatic N) is 2. The molecule has 0 rings (SSSR count). The molecule has 0 unspecified atom stereocenters. The van der Waals surface area contributed by atoms with Crippen molar-refractivity contribution in [1.82, 2.24) is 0 Å². The van der Waals surface area contributed by atoms with Gasteiger partial charge >= 0.3 is 23.1 Å². The van der Waals surface area contributed by atoms with Gasteiger partial charge in [0.2, 0.25) is 0 Å². The molecule has 0 amide bonds. The smallest absolute Gasteiger partial charge is 1.00 e. The van der Waals surface area contributed by atoms with Crippen molar-refractivity contribution in [2.24, 2.45) is 10.3 Å². The van der Waals surface area contributed by atoms with Gasteiger partial charge in [0.05, 0.1) is 0 Å². The van der Waals surface area contributed by atoms with Gasteiger partial charge in [-0.1, -0.05) is 10.3 Å². The maximum absolute atomic E-state index is 8.03. The van der Waals surface area contributed by atoms with E-state index in [0.717, 1.165) is 0 Å². The van der Waals surface area contributed by atoms with Gasteiger partial charge in [-0.2, -0.15) is 0 Å². The SMILES string of the molecule is CC(=N\O)/C(C)=N/O.[H-].[H-].[Mg+2]. The fourth-order valence-electron chi connectivity index (χ4n) is 0.145. The first-order valence-electron chi connectivity index (χ1n) is 2.10. The average molecular weight is 142 g/mol. The normalized spacial score (nSPS) is 12.7. The van der Waals surface area contributed by atoms with Crippen LogP contribution in [0.5, 0.6) is 0 Å². The molecule has 0 radical (unpaired) electrons. The largest absolute Gasteiger partial charge is 2.00 e. The van der Waals surface area contributed by atoms with Crippen LogP contribution in [0.25, 0.3) is 0 Å². The molecule has 5 heteroatoms.